The maximum atomic E-state index is 9.40. The van der Waals surface area contributed by atoms with Gasteiger partial charge in [0.05, 0.1) is 6.61 Å². The van der Waals surface area contributed by atoms with E-state index in [9.17, 15) is 5.11 Å². The standard InChI is InChI=1S/C10H22N2O/c1-4-11-10(8-13)5-6-12(3)9(2)7-10/h9,11,13H,4-8H2,1-3H3. The molecule has 3 heteroatoms. The van der Waals surface area contributed by atoms with Gasteiger partial charge in [0, 0.05) is 11.6 Å². The third kappa shape index (κ3) is 2.42. The van der Waals surface area contributed by atoms with Gasteiger partial charge >= 0.3 is 0 Å². The average molecular weight is 186 g/mol. The molecule has 0 bridgehead atoms. The van der Waals surface area contributed by atoms with E-state index in [0.717, 1.165) is 25.9 Å². The van der Waals surface area contributed by atoms with Crippen LogP contribution in [0.1, 0.15) is 26.7 Å². The summed E-state index contributed by atoms with van der Waals surface area (Å²) in [4.78, 5) is 2.35. The lowest BCUT2D eigenvalue weighted by Gasteiger charge is -2.43. The number of rotatable bonds is 3. The lowest BCUT2D eigenvalue weighted by Crippen LogP contribution is -2.57. The molecule has 2 unspecified atom stereocenters. The Morgan fingerprint density at radius 1 is 1.62 bits per heavy atom. The Morgan fingerprint density at radius 2 is 2.31 bits per heavy atom. The average Bonchev–Trinajstić information content (AvgIpc) is 2.12. The molecule has 1 heterocycles. The Labute approximate surface area is 81.1 Å². The zero-order valence-corrected chi connectivity index (χ0v) is 9.01. The molecule has 0 aromatic rings. The number of likely N-dealkylation sites (N-methyl/N-ethyl adjacent to an activating group) is 1. The van der Waals surface area contributed by atoms with E-state index in [1.54, 1.807) is 0 Å². The van der Waals surface area contributed by atoms with Gasteiger partial charge in [0.1, 0.15) is 0 Å². The van der Waals surface area contributed by atoms with Gasteiger partial charge in [-0.2, -0.15) is 0 Å². The number of nitrogens with zero attached hydrogens (tertiary/aromatic N) is 1. The second-order valence-electron chi connectivity index (χ2n) is 4.25. The Morgan fingerprint density at radius 3 is 2.77 bits per heavy atom. The Bertz CT molecular complexity index is 163. The molecule has 0 aromatic carbocycles. The summed E-state index contributed by atoms with van der Waals surface area (Å²) >= 11 is 0. The predicted molar refractivity (Wildman–Crippen MR) is 54.8 cm³/mol. The molecule has 2 atom stereocenters. The number of likely N-dealkylation sites (tertiary alicyclic amines) is 1. The lowest BCUT2D eigenvalue weighted by molar-refractivity contribution is 0.0605. The molecule has 0 radical (unpaired) electrons. The number of nitrogens with one attached hydrogen (secondary N) is 1. The number of piperidine rings is 1. The van der Waals surface area contributed by atoms with E-state index < -0.39 is 0 Å². The van der Waals surface area contributed by atoms with Crippen molar-refractivity contribution in [3.8, 4) is 0 Å². The van der Waals surface area contributed by atoms with Crippen molar-refractivity contribution in [2.45, 2.75) is 38.3 Å². The molecule has 1 aliphatic heterocycles. The molecule has 0 spiro atoms. The highest BCUT2D eigenvalue weighted by Gasteiger charge is 2.35. The van der Waals surface area contributed by atoms with Gasteiger partial charge in [0.2, 0.25) is 0 Å². The first-order valence-corrected chi connectivity index (χ1v) is 5.19. The SMILES string of the molecule is CCNC1(CO)CCN(C)C(C)C1. The van der Waals surface area contributed by atoms with Gasteiger partial charge in [-0.05, 0) is 39.9 Å². The molecule has 0 aliphatic carbocycles. The minimum atomic E-state index is -0.0132. The summed E-state index contributed by atoms with van der Waals surface area (Å²) in [7, 11) is 2.15. The summed E-state index contributed by atoms with van der Waals surface area (Å²) in [6.45, 7) is 6.60. The number of aliphatic hydroxyl groups excluding tert-OH is 1. The molecule has 13 heavy (non-hydrogen) atoms. The minimum absolute atomic E-state index is 0.0132. The predicted octanol–water partition coefficient (Wildman–Crippen LogP) is 0.441. The van der Waals surface area contributed by atoms with Crippen LogP contribution in [0, 0.1) is 0 Å². The highest BCUT2D eigenvalue weighted by Crippen LogP contribution is 2.25. The molecule has 0 aromatic heterocycles. The second-order valence-corrected chi connectivity index (χ2v) is 4.25. The van der Waals surface area contributed by atoms with Crippen LogP contribution in [-0.4, -0.2) is 48.3 Å². The number of hydrogen-bond acceptors (Lipinski definition) is 3. The molecule has 1 rings (SSSR count). The monoisotopic (exact) mass is 186 g/mol. The summed E-state index contributed by atoms with van der Waals surface area (Å²) in [6.07, 6.45) is 2.10. The quantitative estimate of drug-likeness (QED) is 0.671. The van der Waals surface area contributed by atoms with E-state index in [2.05, 4.69) is 31.1 Å². The second kappa shape index (κ2) is 4.40. The first-order chi connectivity index (χ1) is 6.13. The number of hydrogen-bond donors (Lipinski definition) is 2. The molecule has 78 valence electrons. The zero-order valence-electron chi connectivity index (χ0n) is 9.01. The highest BCUT2D eigenvalue weighted by atomic mass is 16.3. The molecule has 2 N–H and O–H groups in total. The smallest absolute Gasteiger partial charge is 0.0614 e. The highest BCUT2D eigenvalue weighted by molar-refractivity contribution is 4.95. The van der Waals surface area contributed by atoms with Crippen LogP contribution in [0.25, 0.3) is 0 Å². The van der Waals surface area contributed by atoms with Gasteiger partial charge in [-0.1, -0.05) is 6.92 Å². The molecular formula is C10H22N2O. The summed E-state index contributed by atoms with van der Waals surface area (Å²) in [5.41, 5.74) is -0.0132. The molecule has 1 aliphatic rings. The van der Waals surface area contributed by atoms with Gasteiger partial charge in [-0.3, -0.25) is 0 Å². The molecule has 0 amide bonds. The molecule has 1 fully saturated rings. The van der Waals surface area contributed by atoms with Crippen molar-refractivity contribution in [3.05, 3.63) is 0 Å². The number of aliphatic hydroxyl groups is 1. The maximum absolute atomic E-state index is 9.40. The van der Waals surface area contributed by atoms with Crippen LogP contribution in [0.3, 0.4) is 0 Å². The zero-order chi connectivity index (χ0) is 9.90. The van der Waals surface area contributed by atoms with Crippen molar-refractivity contribution in [1.82, 2.24) is 10.2 Å². The van der Waals surface area contributed by atoms with Crippen LogP contribution in [0.15, 0.2) is 0 Å². The van der Waals surface area contributed by atoms with Crippen molar-refractivity contribution in [2.24, 2.45) is 0 Å². The van der Waals surface area contributed by atoms with Crippen molar-refractivity contribution >= 4 is 0 Å². The third-order valence-corrected chi connectivity index (χ3v) is 3.24. The molecule has 0 saturated carbocycles. The van der Waals surface area contributed by atoms with Crippen LogP contribution >= 0.6 is 0 Å². The fourth-order valence-corrected chi connectivity index (χ4v) is 2.17. The fraction of sp³-hybridized carbons (Fsp3) is 1.00. The van der Waals surface area contributed by atoms with E-state index in [4.69, 9.17) is 0 Å². The van der Waals surface area contributed by atoms with Crippen LogP contribution in [0.5, 0.6) is 0 Å². The summed E-state index contributed by atoms with van der Waals surface area (Å²) in [6, 6.07) is 0.569. The van der Waals surface area contributed by atoms with E-state index in [1.807, 2.05) is 0 Å². The van der Waals surface area contributed by atoms with Crippen LogP contribution < -0.4 is 5.32 Å². The van der Waals surface area contributed by atoms with Gasteiger partial charge in [-0.15, -0.1) is 0 Å². The summed E-state index contributed by atoms with van der Waals surface area (Å²) in [5.74, 6) is 0. The first kappa shape index (κ1) is 11.0. The molecular weight excluding hydrogens is 164 g/mol. The Kier molecular flexibility index (Phi) is 3.71. The van der Waals surface area contributed by atoms with Crippen molar-refractivity contribution in [1.29, 1.82) is 0 Å². The topological polar surface area (TPSA) is 35.5 Å². The fourth-order valence-electron chi connectivity index (χ4n) is 2.17. The lowest BCUT2D eigenvalue weighted by atomic mass is 9.84. The van der Waals surface area contributed by atoms with E-state index in [1.165, 1.54) is 0 Å². The first-order valence-electron chi connectivity index (χ1n) is 5.19. The van der Waals surface area contributed by atoms with Gasteiger partial charge in [-0.25, -0.2) is 0 Å². The van der Waals surface area contributed by atoms with Crippen molar-refractivity contribution in [3.63, 3.8) is 0 Å². The molecule has 1 saturated heterocycles. The van der Waals surface area contributed by atoms with Gasteiger partial charge in [0.15, 0.2) is 0 Å². The van der Waals surface area contributed by atoms with Crippen molar-refractivity contribution < 1.29 is 5.11 Å². The van der Waals surface area contributed by atoms with E-state index >= 15 is 0 Å². The summed E-state index contributed by atoms with van der Waals surface area (Å²) < 4.78 is 0. The van der Waals surface area contributed by atoms with Gasteiger partial charge < -0.3 is 15.3 Å². The maximum Gasteiger partial charge on any atom is 0.0614 e. The largest absolute Gasteiger partial charge is 0.394 e. The summed E-state index contributed by atoms with van der Waals surface area (Å²) in [5, 5.41) is 12.8. The molecule has 3 nitrogen and oxygen atoms in total. The van der Waals surface area contributed by atoms with Crippen molar-refractivity contribution in [2.75, 3.05) is 26.7 Å². The minimum Gasteiger partial charge on any atom is -0.394 e. The van der Waals surface area contributed by atoms with E-state index in [-0.39, 0.29) is 12.1 Å². The van der Waals surface area contributed by atoms with Crippen LogP contribution in [0.2, 0.25) is 0 Å². The van der Waals surface area contributed by atoms with E-state index in [0.29, 0.717) is 6.04 Å². The Balaban J connectivity index is 2.57. The van der Waals surface area contributed by atoms with Crippen LogP contribution in [-0.2, 0) is 0 Å². The normalized spacial score (nSPS) is 36.5. The Hall–Kier alpha value is -0.120. The third-order valence-electron chi connectivity index (χ3n) is 3.24. The van der Waals surface area contributed by atoms with Gasteiger partial charge in [0.25, 0.3) is 0 Å². The van der Waals surface area contributed by atoms with Crippen LogP contribution in [0.4, 0.5) is 0 Å².